The van der Waals surface area contributed by atoms with Gasteiger partial charge in [0.2, 0.25) is 0 Å². The predicted molar refractivity (Wildman–Crippen MR) is 67.4 cm³/mol. The van der Waals surface area contributed by atoms with Gasteiger partial charge in [-0.1, -0.05) is 17.7 Å². The molecule has 2 rings (SSSR count). The van der Waals surface area contributed by atoms with Gasteiger partial charge in [-0.25, -0.2) is 4.39 Å². The lowest BCUT2D eigenvalue weighted by Gasteiger charge is -2.32. The molecule has 1 amide bonds. The van der Waals surface area contributed by atoms with Crippen LogP contribution in [0.1, 0.15) is 12.0 Å². The fraction of sp³-hybridized carbons (Fsp3) is 0.385. The van der Waals surface area contributed by atoms with E-state index in [1.54, 1.807) is 6.07 Å². The number of aliphatic carboxylic acids is 1. The first-order valence-corrected chi connectivity index (χ1v) is 6.61. The number of hydrogen-bond donors (Lipinski definition) is 2. The minimum atomic E-state index is -1.27. The van der Waals surface area contributed by atoms with Gasteiger partial charge in [-0.05, 0) is 12.1 Å². The molecule has 0 aromatic heterocycles. The Morgan fingerprint density at radius 1 is 1.55 bits per heavy atom. The second kappa shape index (κ2) is 6.19. The summed E-state index contributed by atoms with van der Waals surface area (Å²) < 4.78 is 13.4. The molecule has 20 heavy (non-hydrogen) atoms. The highest BCUT2D eigenvalue weighted by molar-refractivity contribution is 6.30. The van der Waals surface area contributed by atoms with Crippen LogP contribution >= 0.6 is 11.6 Å². The molecule has 0 saturated carbocycles. The minimum absolute atomic E-state index is 0.0337. The molecule has 1 aromatic rings. The Bertz CT molecular complexity index is 538. The summed E-state index contributed by atoms with van der Waals surface area (Å²) in [5.41, 5.74) is 0.667. The third-order valence-electron chi connectivity index (χ3n) is 3.34. The normalized spacial score (nSPS) is 22.4. The molecule has 1 heterocycles. The van der Waals surface area contributed by atoms with Crippen molar-refractivity contribution in [3.63, 3.8) is 0 Å². The van der Waals surface area contributed by atoms with E-state index >= 15 is 0 Å². The summed E-state index contributed by atoms with van der Waals surface area (Å²) in [6, 6.07) is 3.70. The molecule has 0 aliphatic carbocycles. The van der Waals surface area contributed by atoms with E-state index in [1.807, 2.05) is 0 Å². The van der Waals surface area contributed by atoms with Crippen LogP contribution in [0.15, 0.2) is 18.2 Å². The topological polar surface area (TPSA) is 73.7 Å². The van der Waals surface area contributed by atoms with Crippen molar-refractivity contribution in [3.05, 3.63) is 34.6 Å². The number of piperazine rings is 1. The summed E-state index contributed by atoms with van der Waals surface area (Å²) in [4.78, 5) is 23.2. The second-order valence-corrected chi connectivity index (χ2v) is 5.16. The lowest BCUT2D eigenvalue weighted by atomic mass is 10.1. The monoisotopic (exact) mass is 300 g/mol. The third kappa shape index (κ3) is 3.46. The first-order valence-electron chi connectivity index (χ1n) is 6.23. The van der Waals surface area contributed by atoms with Gasteiger partial charge < -0.3 is 20.1 Å². The third-order valence-corrected chi connectivity index (χ3v) is 3.65. The van der Waals surface area contributed by atoms with Crippen molar-refractivity contribution in [1.82, 2.24) is 5.32 Å². The zero-order chi connectivity index (χ0) is 14.7. The van der Waals surface area contributed by atoms with Crippen molar-refractivity contribution in [2.75, 3.05) is 13.1 Å². The van der Waals surface area contributed by atoms with Gasteiger partial charge in [0.05, 0.1) is 18.1 Å². The van der Waals surface area contributed by atoms with Crippen LogP contribution in [0.25, 0.3) is 0 Å². The summed E-state index contributed by atoms with van der Waals surface area (Å²) >= 11 is 5.61. The van der Waals surface area contributed by atoms with Gasteiger partial charge in [0.1, 0.15) is 12.4 Å². The number of carboxylic acid groups (broad SMARTS) is 1. The van der Waals surface area contributed by atoms with Gasteiger partial charge in [0.15, 0.2) is 6.04 Å². The molecule has 5 nitrogen and oxygen atoms in total. The van der Waals surface area contributed by atoms with Crippen LogP contribution in [0.5, 0.6) is 0 Å². The lowest BCUT2D eigenvalue weighted by Crippen LogP contribution is -3.18. The number of carboxylic acids is 1. The highest BCUT2D eigenvalue weighted by atomic mass is 35.5. The van der Waals surface area contributed by atoms with Crippen LogP contribution < -0.4 is 15.3 Å². The van der Waals surface area contributed by atoms with Crippen LogP contribution in [0, 0.1) is 5.82 Å². The minimum Gasteiger partial charge on any atom is -0.550 e. The highest BCUT2D eigenvalue weighted by Crippen LogP contribution is 2.15. The molecule has 7 heteroatoms. The Morgan fingerprint density at radius 3 is 2.95 bits per heavy atom. The van der Waals surface area contributed by atoms with Crippen LogP contribution in [0.3, 0.4) is 0 Å². The molecule has 1 aliphatic rings. The Hall–Kier alpha value is -1.66. The van der Waals surface area contributed by atoms with Crippen LogP contribution in [-0.2, 0) is 16.1 Å². The van der Waals surface area contributed by atoms with Crippen molar-refractivity contribution < 1.29 is 24.0 Å². The summed E-state index contributed by atoms with van der Waals surface area (Å²) in [5, 5.41) is 13.4. The molecular weight excluding hydrogens is 287 g/mol. The second-order valence-electron chi connectivity index (χ2n) is 4.75. The highest BCUT2D eigenvalue weighted by Gasteiger charge is 2.33. The number of benzene rings is 1. The molecule has 1 fully saturated rings. The maximum atomic E-state index is 13.4. The van der Waals surface area contributed by atoms with Gasteiger partial charge in [-0.2, -0.15) is 0 Å². The van der Waals surface area contributed by atoms with Gasteiger partial charge in [-0.15, -0.1) is 0 Å². The van der Waals surface area contributed by atoms with Crippen LogP contribution in [0.4, 0.5) is 4.39 Å². The van der Waals surface area contributed by atoms with E-state index in [1.165, 1.54) is 12.1 Å². The fourth-order valence-corrected chi connectivity index (χ4v) is 2.47. The summed E-state index contributed by atoms with van der Waals surface area (Å²) in [5.74, 6) is -2.11. The number of hydrogen-bond acceptors (Lipinski definition) is 3. The molecule has 2 atom stereocenters. The Kier molecular flexibility index (Phi) is 4.57. The molecule has 0 bridgehead atoms. The standard InChI is InChI=1S/C13H14ClFN2O3/c14-9-2-1-8(5-10(9)15)7-17-4-3-16-13(20)11(17)6-12(18)19/h1-2,5,11H,3-4,6-7H2,(H,16,20)(H,18,19). The Balaban J connectivity index is 2.13. The van der Waals surface area contributed by atoms with E-state index in [4.69, 9.17) is 11.6 Å². The van der Waals surface area contributed by atoms with Crippen molar-refractivity contribution in [2.24, 2.45) is 0 Å². The number of rotatable bonds is 4. The first kappa shape index (κ1) is 14.7. The van der Waals surface area contributed by atoms with Gasteiger partial charge in [0, 0.05) is 18.0 Å². The smallest absolute Gasteiger partial charge is 0.278 e. The lowest BCUT2D eigenvalue weighted by molar-refractivity contribution is -0.930. The maximum absolute atomic E-state index is 13.4. The summed E-state index contributed by atoms with van der Waals surface area (Å²) in [7, 11) is 0. The average Bonchev–Trinajstić information content (AvgIpc) is 2.38. The maximum Gasteiger partial charge on any atom is 0.278 e. The van der Waals surface area contributed by atoms with E-state index in [-0.39, 0.29) is 17.4 Å². The SMILES string of the molecule is O=C([O-])CC1C(=O)NCC[NH+]1Cc1ccc(Cl)c(F)c1. The van der Waals surface area contributed by atoms with E-state index in [0.717, 1.165) is 4.90 Å². The number of nitrogens with one attached hydrogen (secondary N) is 2. The Morgan fingerprint density at radius 2 is 2.30 bits per heavy atom. The molecule has 1 aromatic carbocycles. The van der Waals surface area contributed by atoms with E-state index in [2.05, 4.69) is 5.32 Å². The number of carbonyl (C=O) groups excluding carboxylic acids is 2. The van der Waals surface area contributed by atoms with Crippen molar-refractivity contribution >= 4 is 23.5 Å². The molecule has 0 spiro atoms. The predicted octanol–water partition coefficient (Wildman–Crippen LogP) is -1.50. The number of quaternary nitrogens is 1. The molecule has 1 aliphatic heterocycles. The molecule has 2 N–H and O–H groups in total. The van der Waals surface area contributed by atoms with Crippen molar-refractivity contribution in [2.45, 2.75) is 19.0 Å². The molecular formula is C13H14ClFN2O3. The molecule has 0 radical (unpaired) electrons. The quantitative estimate of drug-likeness (QED) is 0.711. The summed E-state index contributed by atoms with van der Waals surface area (Å²) in [6.07, 6.45) is -0.350. The van der Waals surface area contributed by atoms with Gasteiger partial charge in [-0.3, -0.25) is 4.79 Å². The van der Waals surface area contributed by atoms with Crippen LogP contribution in [-0.4, -0.2) is 31.0 Å². The molecule has 2 unspecified atom stereocenters. The van der Waals surface area contributed by atoms with E-state index in [0.29, 0.717) is 25.2 Å². The van der Waals surface area contributed by atoms with Crippen LogP contribution in [0.2, 0.25) is 5.02 Å². The largest absolute Gasteiger partial charge is 0.550 e. The van der Waals surface area contributed by atoms with Crippen molar-refractivity contribution in [1.29, 1.82) is 0 Å². The first-order chi connectivity index (χ1) is 9.47. The van der Waals surface area contributed by atoms with Gasteiger partial charge in [0.25, 0.3) is 5.91 Å². The van der Waals surface area contributed by atoms with Gasteiger partial charge >= 0.3 is 0 Å². The zero-order valence-corrected chi connectivity index (χ0v) is 11.4. The van der Waals surface area contributed by atoms with E-state index < -0.39 is 17.8 Å². The Labute approximate surface area is 120 Å². The molecule has 108 valence electrons. The van der Waals surface area contributed by atoms with E-state index in [9.17, 15) is 19.1 Å². The molecule has 1 saturated heterocycles. The zero-order valence-electron chi connectivity index (χ0n) is 10.6. The number of carbonyl (C=O) groups is 2. The number of halogens is 2. The average molecular weight is 301 g/mol. The van der Waals surface area contributed by atoms with Crippen molar-refractivity contribution in [3.8, 4) is 0 Å². The number of amides is 1. The summed E-state index contributed by atoms with van der Waals surface area (Å²) in [6.45, 7) is 1.40. The fourth-order valence-electron chi connectivity index (χ4n) is 2.36.